The number of phosphoric acid groups is 1. The molecule has 3 aliphatic heterocycles. The quantitative estimate of drug-likeness (QED) is 0.109. The number of aliphatic hydroxyl groups is 3. The third-order valence-corrected chi connectivity index (χ3v) is 8.43. The number of imidazole rings is 2. The summed E-state index contributed by atoms with van der Waals surface area (Å²) < 4.78 is 43.9. The first-order chi connectivity index (χ1) is 20.5. The predicted octanol–water partition coefficient (Wildman–Crippen LogP) is -3.10. The van der Waals surface area contributed by atoms with Gasteiger partial charge in [0.1, 0.15) is 54.6 Å². The highest BCUT2D eigenvalue weighted by Crippen LogP contribution is 2.50. The van der Waals surface area contributed by atoms with Crippen LogP contribution in [0.25, 0.3) is 22.3 Å². The molecule has 7 rings (SSSR count). The van der Waals surface area contributed by atoms with Crippen molar-refractivity contribution in [1.29, 1.82) is 0 Å². The van der Waals surface area contributed by atoms with Gasteiger partial charge in [-0.25, -0.2) is 24.5 Å². The molecule has 9 N–H and O–H groups in total. The van der Waals surface area contributed by atoms with Crippen molar-refractivity contribution >= 4 is 41.9 Å². The number of hydrogen-bond acceptors (Lipinski definition) is 17. The van der Waals surface area contributed by atoms with E-state index >= 15 is 0 Å². The molecular weight excluding hydrogens is 599 g/mol. The molecule has 0 aliphatic carbocycles. The molecule has 3 saturated heterocycles. The first-order valence-corrected chi connectivity index (χ1v) is 14.3. The molecule has 43 heavy (non-hydrogen) atoms. The van der Waals surface area contributed by atoms with Gasteiger partial charge >= 0.3 is 7.82 Å². The van der Waals surface area contributed by atoms with Gasteiger partial charge in [-0.1, -0.05) is 0 Å². The maximum atomic E-state index is 13.1. The minimum atomic E-state index is -5.00. The highest BCUT2D eigenvalue weighted by atomic mass is 31.2. The summed E-state index contributed by atoms with van der Waals surface area (Å²) in [4.78, 5) is 45.4. The Bertz CT molecular complexity index is 1800. The molecule has 3 aliphatic rings. The topological polar surface area (TPSA) is 303 Å². The van der Waals surface area contributed by atoms with Gasteiger partial charge < -0.3 is 45.9 Å². The number of nitrogens with two attached hydrogens (primary N) is 2. The predicted molar refractivity (Wildman–Crippen MR) is 139 cm³/mol. The van der Waals surface area contributed by atoms with Gasteiger partial charge in [0.2, 0.25) is 5.95 Å². The molecule has 22 heteroatoms. The van der Waals surface area contributed by atoms with Crippen molar-refractivity contribution in [3.63, 3.8) is 0 Å². The van der Waals surface area contributed by atoms with Crippen molar-refractivity contribution in [3.8, 4) is 0 Å². The maximum absolute atomic E-state index is 13.1. The van der Waals surface area contributed by atoms with Crippen molar-refractivity contribution in [3.05, 3.63) is 29.3 Å². The zero-order valence-electron chi connectivity index (χ0n) is 21.7. The summed E-state index contributed by atoms with van der Waals surface area (Å²) in [6.07, 6.45) is -9.01. The van der Waals surface area contributed by atoms with E-state index in [2.05, 4.69) is 29.9 Å². The van der Waals surface area contributed by atoms with E-state index in [0.29, 0.717) is 0 Å². The Morgan fingerprint density at radius 3 is 2.44 bits per heavy atom. The van der Waals surface area contributed by atoms with Crippen LogP contribution in [-0.2, 0) is 27.8 Å². The highest BCUT2D eigenvalue weighted by molar-refractivity contribution is 7.47. The molecule has 3 fully saturated rings. The normalized spacial score (nSPS) is 36.9. The van der Waals surface area contributed by atoms with E-state index in [1.807, 2.05) is 0 Å². The third-order valence-electron chi connectivity index (χ3n) is 7.44. The molecule has 21 nitrogen and oxygen atoms in total. The van der Waals surface area contributed by atoms with E-state index < -0.39 is 81.8 Å². The summed E-state index contributed by atoms with van der Waals surface area (Å²) in [5.41, 5.74) is 11.2. The van der Waals surface area contributed by atoms with Crippen LogP contribution in [0.1, 0.15) is 12.5 Å². The number of anilines is 2. The van der Waals surface area contributed by atoms with Crippen LogP contribution in [0.15, 0.2) is 23.8 Å². The Morgan fingerprint density at radius 1 is 0.907 bits per heavy atom. The first kappa shape index (κ1) is 28.2. The van der Waals surface area contributed by atoms with E-state index in [-0.39, 0.29) is 34.1 Å². The third kappa shape index (κ3) is 4.66. The van der Waals surface area contributed by atoms with Gasteiger partial charge in [-0.3, -0.25) is 28.0 Å². The van der Waals surface area contributed by atoms with Gasteiger partial charge in [-0.05, 0) is 0 Å². The molecule has 0 aromatic carbocycles. The molecule has 230 valence electrons. The zero-order valence-corrected chi connectivity index (χ0v) is 22.6. The van der Waals surface area contributed by atoms with Crippen LogP contribution in [0.3, 0.4) is 0 Å². The number of H-pyrrole nitrogens is 1. The number of aromatic nitrogens is 8. The summed E-state index contributed by atoms with van der Waals surface area (Å²) in [6.45, 7) is -1.10. The molecule has 10 unspecified atom stereocenters. The maximum Gasteiger partial charge on any atom is 0.472 e. The second-order valence-electron chi connectivity index (χ2n) is 10.1. The van der Waals surface area contributed by atoms with E-state index in [9.17, 15) is 29.6 Å². The van der Waals surface area contributed by atoms with Gasteiger partial charge in [0, 0.05) is 0 Å². The monoisotopic (exact) mass is 624 g/mol. The van der Waals surface area contributed by atoms with Gasteiger partial charge in [0.15, 0.2) is 35.1 Å². The fourth-order valence-electron chi connectivity index (χ4n) is 5.46. The fraction of sp³-hybridized carbons (Fsp3) is 0.524. The number of nitrogens with one attached hydrogen (secondary N) is 1. The minimum Gasteiger partial charge on any atom is -0.388 e. The first-order valence-electron chi connectivity index (χ1n) is 12.8. The summed E-state index contributed by atoms with van der Waals surface area (Å²) >= 11 is 0. The van der Waals surface area contributed by atoms with Crippen molar-refractivity contribution in [2.24, 2.45) is 0 Å². The van der Waals surface area contributed by atoms with Crippen molar-refractivity contribution in [2.45, 2.75) is 55.2 Å². The number of rotatable bonds is 2. The highest BCUT2D eigenvalue weighted by Gasteiger charge is 2.54. The molecule has 2 bridgehead atoms. The summed E-state index contributed by atoms with van der Waals surface area (Å²) in [7, 11) is -5.00. The standard InChI is InChI=1S/C21H25N10O11P/c22-15-8-16(25-3-24-15)30(4-26-8)19-11(34)13-7(40-19)2-39-43(36,37)42-14-10(33)12(6(32)1-38-13)41-20(14)31-5-27-9-17(31)28-21(23)29-18(9)35/h3-7,10-14,19-20,32-34H,1-2H2,(H,36,37)(H2,22,24,25)(H3,23,28,29,35). The Kier molecular flexibility index (Phi) is 6.70. The van der Waals surface area contributed by atoms with E-state index in [4.69, 9.17) is 34.7 Å². The fourth-order valence-corrected chi connectivity index (χ4v) is 6.40. The minimum absolute atomic E-state index is 0.0763. The SMILES string of the molecule is Nc1nc2c(ncn2C2OC3C(O)COC4C(COP(=O)(O)OC2C3O)OC(n2cnc3c(N)ncnc32)C4O)c(=O)[nH]1. The van der Waals surface area contributed by atoms with Crippen molar-refractivity contribution < 1.29 is 48.0 Å². The lowest BCUT2D eigenvalue weighted by Gasteiger charge is -2.28. The van der Waals surface area contributed by atoms with Gasteiger partial charge in [0.05, 0.1) is 25.9 Å². The molecule has 0 saturated carbocycles. The van der Waals surface area contributed by atoms with E-state index in [1.54, 1.807) is 0 Å². The van der Waals surface area contributed by atoms with Crippen molar-refractivity contribution in [2.75, 3.05) is 24.7 Å². The average molecular weight is 624 g/mol. The second kappa shape index (κ2) is 10.2. The van der Waals surface area contributed by atoms with Crippen LogP contribution < -0.4 is 17.0 Å². The van der Waals surface area contributed by atoms with E-state index in [0.717, 1.165) is 6.33 Å². The molecule has 10 atom stereocenters. The molecule has 7 heterocycles. The molecule has 0 radical (unpaired) electrons. The van der Waals surface area contributed by atoms with Crippen LogP contribution >= 0.6 is 7.82 Å². The Balaban J connectivity index is 1.19. The van der Waals surface area contributed by atoms with Gasteiger partial charge in [-0.15, -0.1) is 0 Å². The van der Waals surface area contributed by atoms with Crippen LogP contribution in [0, 0.1) is 0 Å². The van der Waals surface area contributed by atoms with Gasteiger partial charge in [-0.2, -0.15) is 4.98 Å². The number of aromatic amines is 1. The van der Waals surface area contributed by atoms with E-state index in [1.165, 1.54) is 21.8 Å². The largest absolute Gasteiger partial charge is 0.472 e. The van der Waals surface area contributed by atoms with Crippen LogP contribution in [0.5, 0.6) is 0 Å². The smallest absolute Gasteiger partial charge is 0.388 e. The number of hydrogen-bond donors (Lipinski definition) is 7. The lowest BCUT2D eigenvalue weighted by Crippen LogP contribution is -2.45. The number of ether oxygens (including phenoxy) is 3. The Labute approximate surface area is 238 Å². The number of fused-ring (bicyclic) bond motifs is 5. The molecule has 0 spiro atoms. The Hall–Kier alpha value is -3.63. The summed E-state index contributed by atoms with van der Waals surface area (Å²) in [5.74, 6) is -0.143. The van der Waals surface area contributed by atoms with Crippen LogP contribution in [0.4, 0.5) is 11.8 Å². The average Bonchev–Trinajstić information content (AvgIpc) is 3.71. The second-order valence-corrected chi connectivity index (χ2v) is 11.5. The Morgan fingerprint density at radius 2 is 1.65 bits per heavy atom. The molecule has 4 aromatic heterocycles. The summed E-state index contributed by atoms with van der Waals surface area (Å²) in [6, 6.07) is 0. The lowest BCUT2D eigenvalue weighted by atomic mass is 10.1. The zero-order chi connectivity index (χ0) is 30.2. The number of aliphatic hydroxyl groups excluding tert-OH is 3. The molecule has 0 amide bonds. The van der Waals surface area contributed by atoms with Gasteiger partial charge in [0.25, 0.3) is 5.56 Å². The molecule has 4 aromatic rings. The lowest BCUT2D eigenvalue weighted by molar-refractivity contribution is -0.129. The van der Waals surface area contributed by atoms with Crippen molar-refractivity contribution in [1.82, 2.24) is 39.0 Å². The van der Waals surface area contributed by atoms with Crippen LogP contribution in [-0.4, -0.2) is 115 Å². The summed E-state index contributed by atoms with van der Waals surface area (Å²) in [5, 5.41) is 33.3. The van der Waals surface area contributed by atoms with Crippen LogP contribution in [0.2, 0.25) is 0 Å². The number of nitrogens with zero attached hydrogens (tertiary/aromatic N) is 7. The molecular formula is C21H25N10O11P. The number of nitrogen functional groups attached to an aromatic ring is 2. The number of phosphoric ester groups is 1.